The van der Waals surface area contributed by atoms with Gasteiger partial charge in [0, 0.05) is 24.4 Å². The summed E-state index contributed by atoms with van der Waals surface area (Å²) in [7, 11) is 0. The predicted octanol–water partition coefficient (Wildman–Crippen LogP) is 3.00. The number of alkyl halides is 3. The molecule has 0 spiro atoms. The van der Waals surface area contributed by atoms with Crippen molar-refractivity contribution in [2.45, 2.75) is 19.2 Å². The third kappa shape index (κ3) is 5.32. The van der Waals surface area contributed by atoms with E-state index in [0.717, 1.165) is 6.20 Å². The van der Waals surface area contributed by atoms with Gasteiger partial charge >= 0.3 is 6.18 Å². The SMILES string of the molecule is O=C(NCCc1cc(F)cc2c1OCOC2)c1ccc(OCC(F)(F)F)nc1. The number of ether oxygens (including phenoxy) is 3. The van der Waals surface area contributed by atoms with E-state index in [0.29, 0.717) is 23.3 Å². The second-order valence-corrected chi connectivity index (χ2v) is 5.96. The zero-order chi connectivity index (χ0) is 20.1. The van der Waals surface area contributed by atoms with Crippen molar-refractivity contribution in [2.24, 2.45) is 0 Å². The number of pyridine rings is 1. The monoisotopic (exact) mass is 400 g/mol. The number of hydrogen-bond acceptors (Lipinski definition) is 5. The molecule has 10 heteroatoms. The van der Waals surface area contributed by atoms with Crippen molar-refractivity contribution in [1.82, 2.24) is 10.3 Å². The molecule has 3 rings (SSSR count). The zero-order valence-corrected chi connectivity index (χ0v) is 14.5. The number of amides is 1. The van der Waals surface area contributed by atoms with Gasteiger partial charge in [-0.25, -0.2) is 9.37 Å². The van der Waals surface area contributed by atoms with Crippen LogP contribution in [0.5, 0.6) is 11.6 Å². The highest BCUT2D eigenvalue weighted by Gasteiger charge is 2.28. The maximum atomic E-state index is 13.7. The van der Waals surface area contributed by atoms with Gasteiger partial charge in [0.25, 0.3) is 5.91 Å². The standard InChI is InChI=1S/C18H16F4N2O4/c19-14-5-11(16-13(6-14)8-26-10-28-16)3-4-23-17(25)12-1-2-15(24-7-12)27-9-18(20,21)22/h1-2,5-7H,3-4,8-10H2,(H,23,25). The quantitative estimate of drug-likeness (QED) is 0.755. The van der Waals surface area contributed by atoms with Crippen molar-refractivity contribution < 1.29 is 36.6 Å². The van der Waals surface area contributed by atoms with Crippen molar-refractivity contribution in [2.75, 3.05) is 19.9 Å². The largest absolute Gasteiger partial charge is 0.468 e. The number of carbonyl (C=O) groups is 1. The van der Waals surface area contributed by atoms with Gasteiger partial charge in [-0.3, -0.25) is 4.79 Å². The number of rotatable bonds is 6. The van der Waals surface area contributed by atoms with Gasteiger partial charge in [-0.15, -0.1) is 0 Å². The first-order valence-corrected chi connectivity index (χ1v) is 8.27. The third-order valence-electron chi connectivity index (χ3n) is 3.81. The van der Waals surface area contributed by atoms with Crippen LogP contribution in [0.4, 0.5) is 17.6 Å². The molecule has 0 saturated heterocycles. The molecule has 0 atom stereocenters. The van der Waals surface area contributed by atoms with E-state index in [2.05, 4.69) is 15.0 Å². The van der Waals surface area contributed by atoms with Gasteiger partial charge in [0.15, 0.2) is 13.4 Å². The first kappa shape index (κ1) is 19.9. The molecule has 0 bridgehead atoms. The first-order valence-electron chi connectivity index (χ1n) is 8.27. The molecule has 1 aliphatic rings. The molecular weight excluding hydrogens is 384 g/mol. The summed E-state index contributed by atoms with van der Waals surface area (Å²) in [5.41, 5.74) is 1.36. The van der Waals surface area contributed by atoms with E-state index < -0.39 is 24.5 Å². The number of carbonyl (C=O) groups excluding carboxylic acids is 1. The number of benzene rings is 1. The Labute approximate surface area is 157 Å². The molecule has 1 aromatic carbocycles. The van der Waals surface area contributed by atoms with E-state index in [9.17, 15) is 22.4 Å². The van der Waals surface area contributed by atoms with Gasteiger partial charge in [-0.1, -0.05) is 0 Å². The highest BCUT2D eigenvalue weighted by atomic mass is 19.4. The zero-order valence-electron chi connectivity index (χ0n) is 14.5. The molecule has 1 aromatic heterocycles. The van der Waals surface area contributed by atoms with Gasteiger partial charge < -0.3 is 19.5 Å². The molecule has 1 amide bonds. The summed E-state index contributed by atoms with van der Waals surface area (Å²) in [5, 5.41) is 2.64. The molecule has 150 valence electrons. The van der Waals surface area contributed by atoms with Crippen LogP contribution < -0.4 is 14.8 Å². The number of nitrogens with one attached hydrogen (secondary N) is 1. The second-order valence-electron chi connectivity index (χ2n) is 5.96. The lowest BCUT2D eigenvalue weighted by Crippen LogP contribution is -2.26. The predicted molar refractivity (Wildman–Crippen MR) is 88.5 cm³/mol. The molecule has 0 aliphatic carbocycles. The van der Waals surface area contributed by atoms with Crippen LogP contribution in [0.2, 0.25) is 0 Å². The summed E-state index contributed by atoms with van der Waals surface area (Å²) in [5.74, 6) is -0.577. The second kappa shape index (κ2) is 8.42. The van der Waals surface area contributed by atoms with Gasteiger partial charge in [0.2, 0.25) is 5.88 Å². The molecule has 0 unspecified atom stereocenters. The molecule has 28 heavy (non-hydrogen) atoms. The Morgan fingerprint density at radius 1 is 1.29 bits per heavy atom. The number of nitrogens with zero attached hydrogens (tertiary/aromatic N) is 1. The van der Waals surface area contributed by atoms with Crippen LogP contribution in [0.1, 0.15) is 21.5 Å². The summed E-state index contributed by atoms with van der Waals surface area (Å²) in [6.45, 7) is -0.935. The molecule has 1 aliphatic heterocycles. The Kier molecular flexibility index (Phi) is 5.98. The summed E-state index contributed by atoms with van der Waals surface area (Å²) >= 11 is 0. The summed E-state index contributed by atoms with van der Waals surface area (Å²) in [4.78, 5) is 15.8. The third-order valence-corrected chi connectivity index (χ3v) is 3.81. The van der Waals surface area contributed by atoms with Crippen molar-refractivity contribution >= 4 is 5.91 Å². The van der Waals surface area contributed by atoms with Gasteiger partial charge in [-0.2, -0.15) is 13.2 Å². The number of aromatic nitrogens is 1. The van der Waals surface area contributed by atoms with Crippen LogP contribution in [0.15, 0.2) is 30.5 Å². The van der Waals surface area contributed by atoms with E-state index in [1.165, 1.54) is 24.3 Å². The topological polar surface area (TPSA) is 69.7 Å². The van der Waals surface area contributed by atoms with E-state index in [1.54, 1.807) is 0 Å². The Balaban J connectivity index is 1.54. The normalized spacial score (nSPS) is 13.4. The lowest BCUT2D eigenvalue weighted by molar-refractivity contribution is -0.154. The van der Waals surface area contributed by atoms with Gasteiger partial charge in [-0.05, 0) is 30.2 Å². The molecule has 2 heterocycles. The van der Waals surface area contributed by atoms with Gasteiger partial charge in [0.05, 0.1) is 12.2 Å². The molecule has 0 saturated carbocycles. The summed E-state index contributed by atoms with van der Waals surface area (Å²) in [6.07, 6.45) is -3.03. The average Bonchev–Trinajstić information content (AvgIpc) is 2.66. The Morgan fingerprint density at radius 3 is 2.82 bits per heavy atom. The lowest BCUT2D eigenvalue weighted by atomic mass is 10.1. The van der Waals surface area contributed by atoms with Crippen LogP contribution in [-0.2, 0) is 17.8 Å². The minimum atomic E-state index is -4.47. The van der Waals surface area contributed by atoms with Crippen molar-refractivity contribution in [3.63, 3.8) is 0 Å². The van der Waals surface area contributed by atoms with Crippen LogP contribution in [0.25, 0.3) is 0 Å². The fourth-order valence-electron chi connectivity index (χ4n) is 2.61. The van der Waals surface area contributed by atoms with Crippen LogP contribution in [-0.4, -0.2) is 37.0 Å². The average molecular weight is 400 g/mol. The molecule has 0 fully saturated rings. The van der Waals surface area contributed by atoms with Crippen molar-refractivity contribution in [1.29, 1.82) is 0 Å². The molecule has 2 aromatic rings. The first-order chi connectivity index (χ1) is 13.3. The highest BCUT2D eigenvalue weighted by Crippen LogP contribution is 2.29. The minimum Gasteiger partial charge on any atom is -0.468 e. The van der Waals surface area contributed by atoms with Crippen LogP contribution >= 0.6 is 0 Å². The van der Waals surface area contributed by atoms with Crippen LogP contribution in [0.3, 0.4) is 0 Å². The maximum Gasteiger partial charge on any atom is 0.422 e. The van der Waals surface area contributed by atoms with Gasteiger partial charge in [0.1, 0.15) is 11.6 Å². The smallest absolute Gasteiger partial charge is 0.422 e. The summed E-state index contributed by atoms with van der Waals surface area (Å²) in [6, 6.07) is 5.16. The Bertz CT molecular complexity index is 841. The van der Waals surface area contributed by atoms with E-state index in [4.69, 9.17) is 9.47 Å². The highest BCUT2D eigenvalue weighted by molar-refractivity contribution is 5.93. The Morgan fingerprint density at radius 2 is 2.11 bits per heavy atom. The van der Waals surface area contributed by atoms with E-state index >= 15 is 0 Å². The number of fused-ring (bicyclic) bond motifs is 1. The number of halogens is 4. The lowest BCUT2D eigenvalue weighted by Gasteiger charge is -2.21. The molecule has 1 N–H and O–H groups in total. The minimum absolute atomic E-state index is 0.0758. The van der Waals surface area contributed by atoms with Crippen molar-refractivity contribution in [3.8, 4) is 11.6 Å². The fraction of sp³-hybridized carbons (Fsp3) is 0.333. The summed E-state index contributed by atoms with van der Waals surface area (Å²) < 4.78 is 65.0. The molecule has 6 nitrogen and oxygen atoms in total. The Hall–Kier alpha value is -2.88. The molecular formula is C18H16F4N2O4. The molecule has 0 radical (unpaired) electrons. The van der Waals surface area contributed by atoms with E-state index in [1.807, 2.05) is 0 Å². The van der Waals surface area contributed by atoms with Crippen molar-refractivity contribution in [3.05, 3.63) is 53.0 Å². The van der Waals surface area contributed by atoms with Crippen LogP contribution in [0, 0.1) is 5.82 Å². The number of hydrogen-bond donors (Lipinski definition) is 1. The fourth-order valence-corrected chi connectivity index (χ4v) is 2.61. The maximum absolute atomic E-state index is 13.7. The van der Waals surface area contributed by atoms with E-state index in [-0.39, 0.29) is 31.4 Å².